The third-order valence-corrected chi connectivity index (χ3v) is 8.39. The Bertz CT molecular complexity index is 505. The lowest BCUT2D eigenvalue weighted by molar-refractivity contribution is -0.273. The summed E-state index contributed by atoms with van der Waals surface area (Å²) in [7, 11) is 0. The number of ether oxygens (including phenoxy) is 4. The molecule has 2 saturated heterocycles. The van der Waals surface area contributed by atoms with Gasteiger partial charge in [0.05, 0.1) is 26.4 Å². The molecule has 156 valence electrons. The van der Waals surface area contributed by atoms with E-state index >= 15 is 0 Å². The second kappa shape index (κ2) is 7.56. The molecule has 2 aliphatic heterocycles. The van der Waals surface area contributed by atoms with Crippen LogP contribution in [0.25, 0.3) is 0 Å². The van der Waals surface area contributed by atoms with Gasteiger partial charge in [0.2, 0.25) is 0 Å². The Kier molecular flexibility index (Phi) is 5.63. The van der Waals surface area contributed by atoms with Crippen LogP contribution in [0.15, 0.2) is 0 Å². The molecule has 4 fully saturated rings. The number of rotatable bonds is 6. The van der Waals surface area contributed by atoms with Gasteiger partial charge in [0.1, 0.15) is 0 Å². The van der Waals surface area contributed by atoms with Gasteiger partial charge in [-0.15, -0.1) is 0 Å². The fourth-order valence-corrected chi connectivity index (χ4v) is 6.69. The van der Waals surface area contributed by atoms with Crippen molar-refractivity contribution in [3.8, 4) is 0 Å². The molecular formula is C22H38O5. The van der Waals surface area contributed by atoms with Crippen LogP contribution >= 0.6 is 0 Å². The van der Waals surface area contributed by atoms with Crippen LogP contribution in [0, 0.1) is 16.7 Å². The van der Waals surface area contributed by atoms with E-state index in [2.05, 4.69) is 13.8 Å². The van der Waals surface area contributed by atoms with Gasteiger partial charge < -0.3 is 24.1 Å². The van der Waals surface area contributed by atoms with E-state index in [1.807, 2.05) is 0 Å². The summed E-state index contributed by atoms with van der Waals surface area (Å²) in [6, 6.07) is 0. The minimum Gasteiger partial charge on any atom is -0.396 e. The standard InChI is InChI=1S/C22H38O5/c1-19(8-4-11-21(19)24-14-15-25-21)12-7-18-6-3-10-22(26-16-17-27-22)20(18,2)9-5-13-23/h18,23H,3-17H2,1-2H3. The molecule has 0 aromatic carbocycles. The van der Waals surface area contributed by atoms with Crippen LogP contribution in [-0.4, -0.2) is 49.7 Å². The lowest BCUT2D eigenvalue weighted by atomic mass is 9.59. The molecule has 4 aliphatic rings. The van der Waals surface area contributed by atoms with E-state index in [1.165, 1.54) is 19.3 Å². The quantitative estimate of drug-likeness (QED) is 0.752. The molecule has 3 atom stereocenters. The molecule has 3 unspecified atom stereocenters. The van der Waals surface area contributed by atoms with Crippen LogP contribution in [0.1, 0.15) is 78.1 Å². The van der Waals surface area contributed by atoms with Crippen molar-refractivity contribution in [2.24, 2.45) is 16.7 Å². The summed E-state index contributed by atoms with van der Waals surface area (Å²) in [4.78, 5) is 0. The Morgan fingerprint density at radius 2 is 1.44 bits per heavy atom. The number of hydrogen-bond donors (Lipinski definition) is 1. The molecule has 0 aromatic heterocycles. The highest BCUT2D eigenvalue weighted by Crippen LogP contribution is 2.59. The summed E-state index contributed by atoms with van der Waals surface area (Å²) < 4.78 is 24.8. The fourth-order valence-electron chi connectivity index (χ4n) is 6.69. The molecule has 2 spiro atoms. The Morgan fingerprint density at radius 1 is 0.815 bits per heavy atom. The predicted octanol–water partition coefficient (Wildman–Crippen LogP) is 4.02. The Labute approximate surface area is 164 Å². The zero-order valence-corrected chi connectivity index (χ0v) is 17.3. The summed E-state index contributed by atoms with van der Waals surface area (Å²) in [5.41, 5.74) is 0.0629. The predicted molar refractivity (Wildman–Crippen MR) is 102 cm³/mol. The molecule has 1 N–H and O–H groups in total. The van der Waals surface area contributed by atoms with E-state index in [4.69, 9.17) is 18.9 Å². The summed E-state index contributed by atoms with van der Waals surface area (Å²) in [6.45, 7) is 7.83. The number of aliphatic hydroxyl groups is 1. The van der Waals surface area contributed by atoms with Crippen molar-refractivity contribution in [3.05, 3.63) is 0 Å². The van der Waals surface area contributed by atoms with Crippen LogP contribution in [-0.2, 0) is 18.9 Å². The highest BCUT2D eigenvalue weighted by molar-refractivity contribution is 5.03. The first kappa shape index (κ1) is 20.1. The van der Waals surface area contributed by atoms with Gasteiger partial charge in [-0.05, 0) is 57.3 Å². The van der Waals surface area contributed by atoms with Gasteiger partial charge in [0, 0.05) is 30.3 Å². The van der Waals surface area contributed by atoms with E-state index in [-0.39, 0.29) is 23.2 Å². The molecule has 27 heavy (non-hydrogen) atoms. The maximum atomic E-state index is 9.50. The van der Waals surface area contributed by atoms with Crippen LogP contribution in [0.5, 0.6) is 0 Å². The van der Waals surface area contributed by atoms with Gasteiger partial charge in [-0.1, -0.05) is 13.8 Å². The molecule has 2 aliphatic carbocycles. The van der Waals surface area contributed by atoms with Gasteiger partial charge >= 0.3 is 0 Å². The zero-order chi connectivity index (χ0) is 19.0. The van der Waals surface area contributed by atoms with E-state index in [0.717, 1.165) is 58.2 Å². The van der Waals surface area contributed by atoms with Crippen molar-refractivity contribution in [1.82, 2.24) is 0 Å². The minimum atomic E-state index is -0.445. The fraction of sp³-hybridized carbons (Fsp3) is 1.00. The third kappa shape index (κ3) is 3.18. The molecule has 0 amide bonds. The first-order valence-corrected chi connectivity index (χ1v) is 11.2. The maximum absolute atomic E-state index is 9.50. The SMILES string of the molecule is CC1(CCC2CCCC3(OCCO3)C2(C)CCCO)CCCC12OCCO2. The van der Waals surface area contributed by atoms with Crippen molar-refractivity contribution in [2.75, 3.05) is 33.0 Å². The van der Waals surface area contributed by atoms with Crippen molar-refractivity contribution in [3.63, 3.8) is 0 Å². The average Bonchev–Trinajstić information content (AvgIpc) is 3.39. The first-order valence-electron chi connectivity index (χ1n) is 11.2. The number of aliphatic hydroxyl groups excluding tert-OH is 1. The van der Waals surface area contributed by atoms with Gasteiger partial charge in [-0.2, -0.15) is 0 Å². The molecule has 2 saturated carbocycles. The second-order valence-corrected chi connectivity index (χ2v) is 9.69. The van der Waals surface area contributed by atoms with Crippen LogP contribution in [0.2, 0.25) is 0 Å². The molecular weight excluding hydrogens is 344 g/mol. The highest BCUT2D eigenvalue weighted by atomic mass is 16.7. The van der Waals surface area contributed by atoms with E-state index in [0.29, 0.717) is 19.1 Å². The Hall–Kier alpha value is -0.200. The van der Waals surface area contributed by atoms with Crippen molar-refractivity contribution >= 4 is 0 Å². The lowest BCUT2D eigenvalue weighted by Crippen LogP contribution is -2.55. The van der Waals surface area contributed by atoms with Crippen LogP contribution in [0.4, 0.5) is 0 Å². The normalized spacial score (nSPS) is 40.3. The second-order valence-electron chi connectivity index (χ2n) is 9.69. The molecule has 5 heteroatoms. The first-order chi connectivity index (χ1) is 13.0. The van der Waals surface area contributed by atoms with E-state index in [9.17, 15) is 5.11 Å². The summed E-state index contributed by atoms with van der Waals surface area (Å²) in [5.74, 6) is -0.243. The van der Waals surface area contributed by atoms with Crippen molar-refractivity contribution < 1.29 is 24.1 Å². The van der Waals surface area contributed by atoms with Gasteiger partial charge in [0.25, 0.3) is 0 Å². The molecule has 0 bridgehead atoms. The van der Waals surface area contributed by atoms with Crippen LogP contribution < -0.4 is 0 Å². The highest BCUT2D eigenvalue weighted by Gasteiger charge is 2.60. The summed E-state index contributed by atoms with van der Waals surface area (Å²) in [5, 5.41) is 9.50. The molecule has 0 aromatic rings. The Balaban J connectivity index is 1.51. The summed E-state index contributed by atoms with van der Waals surface area (Å²) >= 11 is 0. The van der Waals surface area contributed by atoms with Crippen molar-refractivity contribution in [2.45, 2.75) is 89.6 Å². The summed E-state index contributed by atoms with van der Waals surface area (Å²) in [6.07, 6.45) is 10.8. The van der Waals surface area contributed by atoms with Gasteiger partial charge in [-0.3, -0.25) is 0 Å². The van der Waals surface area contributed by atoms with Gasteiger partial charge in [0.15, 0.2) is 11.6 Å². The largest absolute Gasteiger partial charge is 0.396 e. The Morgan fingerprint density at radius 3 is 2.11 bits per heavy atom. The van der Waals surface area contributed by atoms with E-state index in [1.54, 1.807) is 0 Å². The molecule has 2 heterocycles. The molecule has 4 rings (SSSR count). The zero-order valence-electron chi connectivity index (χ0n) is 17.3. The molecule has 5 nitrogen and oxygen atoms in total. The van der Waals surface area contributed by atoms with Crippen molar-refractivity contribution in [1.29, 1.82) is 0 Å². The van der Waals surface area contributed by atoms with Gasteiger partial charge in [-0.25, -0.2) is 0 Å². The lowest BCUT2D eigenvalue weighted by Gasteiger charge is -2.53. The topological polar surface area (TPSA) is 57.2 Å². The average molecular weight is 383 g/mol. The smallest absolute Gasteiger partial charge is 0.174 e. The minimum absolute atomic E-state index is 0.0377. The molecule has 0 radical (unpaired) electrons. The maximum Gasteiger partial charge on any atom is 0.174 e. The van der Waals surface area contributed by atoms with E-state index < -0.39 is 5.79 Å². The number of hydrogen-bond acceptors (Lipinski definition) is 5. The third-order valence-electron chi connectivity index (χ3n) is 8.39. The monoisotopic (exact) mass is 382 g/mol. The van der Waals surface area contributed by atoms with Crippen LogP contribution in [0.3, 0.4) is 0 Å².